The van der Waals surface area contributed by atoms with Crippen molar-refractivity contribution in [2.45, 2.75) is 13.2 Å². The Labute approximate surface area is 174 Å². The molecular formula is C23H23BrN2O2. The zero-order valence-corrected chi connectivity index (χ0v) is 17.1. The lowest BCUT2D eigenvalue weighted by Gasteiger charge is -2.23. The van der Waals surface area contributed by atoms with Crippen molar-refractivity contribution in [3.05, 3.63) is 100 Å². The number of carbonyl (C=O) groups excluding carboxylic acids is 1. The van der Waals surface area contributed by atoms with E-state index in [9.17, 15) is 4.79 Å². The number of ether oxygens (including phenoxy) is 1. The molecule has 0 spiro atoms. The topological polar surface area (TPSA) is 55.6 Å². The third-order valence-electron chi connectivity index (χ3n) is 4.33. The van der Waals surface area contributed by atoms with E-state index in [1.54, 1.807) is 11.0 Å². The summed E-state index contributed by atoms with van der Waals surface area (Å²) in [6.45, 7) is 1.78. The van der Waals surface area contributed by atoms with Crippen LogP contribution in [0.5, 0.6) is 5.75 Å². The minimum absolute atomic E-state index is 0.0861. The van der Waals surface area contributed by atoms with Gasteiger partial charge in [0.2, 0.25) is 0 Å². The minimum Gasteiger partial charge on any atom is -0.488 e. The van der Waals surface area contributed by atoms with Crippen LogP contribution in [0.1, 0.15) is 21.5 Å². The van der Waals surface area contributed by atoms with Crippen molar-refractivity contribution >= 4 is 21.8 Å². The van der Waals surface area contributed by atoms with E-state index in [1.165, 1.54) is 0 Å². The largest absolute Gasteiger partial charge is 0.488 e. The van der Waals surface area contributed by atoms with Crippen molar-refractivity contribution in [2.24, 2.45) is 5.73 Å². The molecular weight excluding hydrogens is 416 g/mol. The second-order valence-corrected chi connectivity index (χ2v) is 7.33. The number of amides is 1. The summed E-state index contributed by atoms with van der Waals surface area (Å²) in [5.41, 5.74) is 8.41. The van der Waals surface area contributed by atoms with Gasteiger partial charge in [-0.3, -0.25) is 4.79 Å². The number of carbonyl (C=O) groups is 1. The maximum Gasteiger partial charge on any atom is 0.257 e. The highest BCUT2D eigenvalue weighted by Gasteiger charge is 2.19. The molecule has 2 N–H and O–H groups in total. The summed E-state index contributed by atoms with van der Waals surface area (Å²) in [4.78, 5) is 15.0. The number of hydrogen-bond donors (Lipinski definition) is 1. The molecule has 0 aromatic heterocycles. The summed E-state index contributed by atoms with van der Waals surface area (Å²) in [5, 5.41) is 0. The van der Waals surface area contributed by atoms with Gasteiger partial charge in [0.15, 0.2) is 0 Å². The molecule has 0 aliphatic rings. The summed E-state index contributed by atoms with van der Waals surface area (Å²) >= 11 is 3.44. The standard InChI is InChI=1S/C23H23BrN2O2/c24-20-12-10-18(11-13-20)16-26(15-14-25)23(27)21-8-4-5-9-22(21)28-17-19-6-2-1-3-7-19/h1-13H,14-17,25H2. The first-order valence-corrected chi connectivity index (χ1v) is 9.96. The molecule has 3 aromatic carbocycles. The number of benzene rings is 3. The van der Waals surface area contributed by atoms with E-state index in [2.05, 4.69) is 15.9 Å². The van der Waals surface area contributed by atoms with Crippen molar-refractivity contribution in [3.63, 3.8) is 0 Å². The van der Waals surface area contributed by atoms with Crippen molar-refractivity contribution in [1.29, 1.82) is 0 Å². The van der Waals surface area contributed by atoms with Crippen LogP contribution in [0.15, 0.2) is 83.3 Å². The van der Waals surface area contributed by atoms with Crippen LogP contribution in [0.3, 0.4) is 0 Å². The fourth-order valence-corrected chi connectivity index (χ4v) is 3.16. The highest BCUT2D eigenvalue weighted by molar-refractivity contribution is 9.10. The Morgan fingerprint density at radius 2 is 1.57 bits per heavy atom. The van der Waals surface area contributed by atoms with Crippen LogP contribution in [0.4, 0.5) is 0 Å². The van der Waals surface area contributed by atoms with Gasteiger partial charge in [0.05, 0.1) is 5.56 Å². The molecule has 0 unspecified atom stereocenters. The van der Waals surface area contributed by atoms with E-state index in [1.807, 2.05) is 72.8 Å². The van der Waals surface area contributed by atoms with Crippen molar-refractivity contribution < 1.29 is 9.53 Å². The molecule has 1 amide bonds. The van der Waals surface area contributed by atoms with Crippen LogP contribution in [0, 0.1) is 0 Å². The normalized spacial score (nSPS) is 10.5. The number of hydrogen-bond acceptors (Lipinski definition) is 3. The van der Waals surface area contributed by atoms with Crippen LogP contribution < -0.4 is 10.5 Å². The summed E-state index contributed by atoms with van der Waals surface area (Å²) < 4.78 is 6.96. The average molecular weight is 439 g/mol. The monoisotopic (exact) mass is 438 g/mol. The van der Waals surface area contributed by atoms with Crippen LogP contribution in [0.2, 0.25) is 0 Å². The molecule has 5 heteroatoms. The summed E-state index contributed by atoms with van der Waals surface area (Å²) in [5.74, 6) is 0.492. The van der Waals surface area contributed by atoms with Crippen LogP contribution >= 0.6 is 15.9 Å². The Bertz CT molecular complexity index is 898. The predicted octanol–water partition coefficient (Wildman–Crippen LogP) is 4.63. The van der Waals surface area contributed by atoms with E-state index in [4.69, 9.17) is 10.5 Å². The molecule has 0 aliphatic carbocycles. The zero-order valence-electron chi connectivity index (χ0n) is 15.6. The zero-order chi connectivity index (χ0) is 19.8. The molecule has 0 saturated heterocycles. The van der Waals surface area contributed by atoms with Gasteiger partial charge in [-0.1, -0.05) is 70.5 Å². The fraction of sp³-hybridized carbons (Fsp3) is 0.174. The SMILES string of the molecule is NCCN(Cc1ccc(Br)cc1)C(=O)c1ccccc1OCc1ccccc1. The quantitative estimate of drug-likeness (QED) is 0.557. The van der Waals surface area contributed by atoms with Crippen LogP contribution in [-0.2, 0) is 13.2 Å². The maximum absolute atomic E-state index is 13.2. The van der Waals surface area contributed by atoms with Gasteiger partial charge in [-0.05, 0) is 35.4 Å². The number of nitrogens with zero attached hydrogens (tertiary/aromatic N) is 1. The smallest absolute Gasteiger partial charge is 0.257 e. The van der Waals surface area contributed by atoms with Gasteiger partial charge in [0.25, 0.3) is 5.91 Å². The Hall–Kier alpha value is -2.63. The maximum atomic E-state index is 13.2. The Kier molecular flexibility index (Phi) is 7.23. The summed E-state index contributed by atoms with van der Waals surface area (Å²) in [6, 6.07) is 25.2. The number of nitrogens with two attached hydrogens (primary N) is 1. The van der Waals surface area contributed by atoms with Crippen molar-refractivity contribution in [2.75, 3.05) is 13.1 Å². The summed E-state index contributed by atoms with van der Waals surface area (Å²) in [7, 11) is 0. The number of rotatable bonds is 8. The molecule has 0 fully saturated rings. The highest BCUT2D eigenvalue weighted by Crippen LogP contribution is 2.22. The van der Waals surface area contributed by atoms with Gasteiger partial charge in [0.1, 0.15) is 12.4 Å². The molecule has 0 radical (unpaired) electrons. The second kappa shape index (κ2) is 10.1. The van der Waals surface area contributed by atoms with Gasteiger partial charge in [-0.15, -0.1) is 0 Å². The van der Waals surface area contributed by atoms with E-state index in [-0.39, 0.29) is 5.91 Å². The lowest BCUT2D eigenvalue weighted by Crippen LogP contribution is -2.35. The first kappa shape index (κ1) is 20.1. The van der Waals surface area contributed by atoms with E-state index in [0.717, 1.165) is 15.6 Å². The molecule has 3 aromatic rings. The molecule has 0 bridgehead atoms. The lowest BCUT2D eigenvalue weighted by molar-refractivity contribution is 0.0743. The lowest BCUT2D eigenvalue weighted by atomic mass is 10.1. The van der Waals surface area contributed by atoms with Crippen LogP contribution in [-0.4, -0.2) is 23.9 Å². The molecule has 0 saturated carbocycles. The molecule has 3 rings (SSSR count). The van der Waals surface area contributed by atoms with E-state index >= 15 is 0 Å². The van der Waals surface area contributed by atoms with E-state index < -0.39 is 0 Å². The minimum atomic E-state index is -0.0861. The molecule has 0 heterocycles. The Balaban J connectivity index is 1.77. The number of para-hydroxylation sites is 1. The molecule has 4 nitrogen and oxygen atoms in total. The number of halogens is 1. The molecule has 144 valence electrons. The summed E-state index contributed by atoms with van der Waals surface area (Å²) in [6.07, 6.45) is 0. The predicted molar refractivity (Wildman–Crippen MR) is 115 cm³/mol. The van der Waals surface area contributed by atoms with Gasteiger partial charge in [-0.25, -0.2) is 0 Å². The van der Waals surface area contributed by atoms with Gasteiger partial charge < -0.3 is 15.4 Å². The van der Waals surface area contributed by atoms with Gasteiger partial charge >= 0.3 is 0 Å². The fourth-order valence-electron chi connectivity index (χ4n) is 2.89. The molecule has 0 aliphatic heterocycles. The first-order valence-electron chi connectivity index (χ1n) is 9.17. The van der Waals surface area contributed by atoms with Gasteiger partial charge in [-0.2, -0.15) is 0 Å². The van der Waals surface area contributed by atoms with Crippen molar-refractivity contribution in [1.82, 2.24) is 4.90 Å². The average Bonchev–Trinajstić information content (AvgIpc) is 2.74. The van der Waals surface area contributed by atoms with Crippen LogP contribution in [0.25, 0.3) is 0 Å². The third kappa shape index (κ3) is 5.44. The highest BCUT2D eigenvalue weighted by atomic mass is 79.9. The van der Waals surface area contributed by atoms with E-state index in [0.29, 0.717) is 37.6 Å². The molecule has 28 heavy (non-hydrogen) atoms. The molecule has 0 atom stereocenters. The Morgan fingerprint density at radius 3 is 2.29 bits per heavy atom. The third-order valence-corrected chi connectivity index (χ3v) is 4.86. The first-order chi connectivity index (χ1) is 13.7. The second-order valence-electron chi connectivity index (χ2n) is 6.41. The van der Waals surface area contributed by atoms with Crippen molar-refractivity contribution in [3.8, 4) is 5.75 Å². The Morgan fingerprint density at radius 1 is 0.893 bits per heavy atom. The van der Waals surface area contributed by atoms with Gasteiger partial charge in [0, 0.05) is 24.1 Å².